The number of carbonyl (C=O) groups is 1. The summed E-state index contributed by atoms with van der Waals surface area (Å²) in [5.74, 6) is -0.813. The van der Waals surface area contributed by atoms with E-state index in [4.69, 9.17) is 0 Å². The monoisotopic (exact) mass is 361 g/mol. The van der Waals surface area contributed by atoms with Crippen LogP contribution in [0.1, 0.15) is 35.3 Å². The molecule has 0 bridgehead atoms. The Morgan fingerprint density at radius 1 is 1.15 bits per heavy atom. The number of hydrogen-bond acceptors (Lipinski definition) is 3. The predicted molar refractivity (Wildman–Crippen MR) is 92.8 cm³/mol. The van der Waals surface area contributed by atoms with Crippen molar-refractivity contribution in [1.29, 1.82) is 0 Å². The van der Waals surface area contributed by atoms with E-state index in [1.54, 1.807) is 0 Å². The second kappa shape index (κ2) is 6.52. The van der Waals surface area contributed by atoms with Gasteiger partial charge in [-0.25, -0.2) is 0 Å². The van der Waals surface area contributed by atoms with Crippen molar-refractivity contribution in [2.24, 2.45) is 0 Å². The Hall–Kier alpha value is -2.76. The fourth-order valence-electron chi connectivity index (χ4n) is 3.06. The molecule has 0 aromatic heterocycles. The van der Waals surface area contributed by atoms with Crippen LogP contribution in [-0.4, -0.2) is 17.7 Å². The summed E-state index contributed by atoms with van der Waals surface area (Å²) in [5.41, 5.74) is 2.58. The van der Waals surface area contributed by atoms with E-state index in [0.717, 1.165) is 29.7 Å². The van der Waals surface area contributed by atoms with Gasteiger partial charge in [0.25, 0.3) is 0 Å². The molecule has 3 rings (SSSR count). The minimum absolute atomic E-state index is 0.127. The first-order valence-corrected chi connectivity index (χ1v) is 8.11. The summed E-state index contributed by atoms with van der Waals surface area (Å²) >= 11 is 0. The van der Waals surface area contributed by atoms with Gasteiger partial charge in [-0.1, -0.05) is 36.4 Å². The number of hydrogen-bond donors (Lipinski definition) is 1. The standard InChI is InChI=1S/C20H18F3NO2/c1-19(2)12-14-6-3-4-9-16(14)17(24-19)11-18(25)13-7-5-8-15(10-13)26-20(21,22)23/h3-11,24H,12H2,1-2H3/b17-11-. The zero-order valence-corrected chi connectivity index (χ0v) is 14.4. The molecule has 26 heavy (non-hydrogen) atoms. The van der Waals surface area contributed by atoms with Crippen LogP contribution in [-0.2, 0) is 6.42 Å². The van der Waals surface area contributed by atoms with E-state index in [2.05, 4.69) is 10.1 Å². The Balaban J connectivity index is 1.93. The molecule has 1 aliphatic rings. The molecule has 0 atom stereocenters. The molecule has 6 heteroatoms. The van der Waals surface area contributed by atoms with Gasteiger partial charge in [-0.05, 0) is 38.0 Å². The third kappa shape index (κ3) is 4.25. The van der Waals surface area contributed by atoms with Crippen LogP contribution in [0.5, 0.6) is 5.75 Å². The molecule has 136 valence electrons. The quantitative estimate of drug-likeness (QED) is 0.634. The minimum Gasteiger partial charge on any atom is -0.406 e. The molecule has 0 radical (unpaired) electrons. The molecule has 2 aromatic carbocycles. The van der Waals surface area contributed by atoms with Crippen LogP contribution in [0.2, 0.25) is 0 Å². The van der Waals surface area contributed by atoms with Crippen molar-refractivity contribution in [3.63, 3.8) is 0 Å². The molecule has 0 amide bonds. The van der Waals surface area contributed by atoms with E-state index in [9.17, 15) is 18.0 Å². The van der Waals surface area contributed by atoms with Gasteiger partial charge < -0.3 is 10.1 Å². The molecule has 1 heterocycles. The van der Waals surface area contributed by atoms with E-state index >= 15 is 0 Å². The lowest BCUT2D eigenvalue weighted by Gasteiger charge is -2.35. The molecule has 0 saturated heterocycles. The van der Waals surface area contributed by atoms with Crippen molar-refractivity contribution in [2.45, 2.75) is 32.2 Å². The third-order valence-electron chi connectivity index (χ3n) is 4.04. The Labute approximate surface area is 149 Å². The SMILES string of the molecule is CC1(C)Cc2ccccc2/C(=C/C(=O)c2cccc(OC(F)(F)F)c2)N1. The molecule has 1 aliphatic heterocycles. The van der Waals surface area contributed by atoms with Crippen LogP contribution in [0.15, 0.2) is 54.6 Å². The number of fused-ring (bicyclic) bond motifs is 1. The van der Waals surface area contributed by atoms with Gasteiger partial charge in [-0.15, -0.1) is 13.2 Å². The summed E-state index contributed by atoms with van der Waals surface area (Å²) in [6.07, 6.45) is -2.57. The van der Waals surface area contributed by atoms with Crippen molar-refractivity contribution in [3.05, 3.63) is 71.3 Å². The second-order valence-corrected chi connectivity index (χ2v) is 6.84. The molecule has 0 fully saturated rings. The highest BCUT2D eigenvalue weighted by Gasteiger charge is 2.31. The lowest BCUT2D eigenvalue weighted by Crippen LogP contribution is -2.43. The van der Waals surface area contributed by atoms with Crippen molar-refractivity contribution >= 4 is 11.5 Å². The molecule has 3 nitrogen and oxygen atoms in total. The van der Waals surface area contributed by atoms with E-state index in [1.165, 1.54) is 18.2 Å². The molecule has 1 N–H and O–H groups in total. The molecule has 0 unspecified atom stereocenters. The van der Waals surface area contributed by atoms with Crippen LogP contribution in [0.3, 0.4) is 0 Å². The minimum atomic E-state index is -4.80. The summed E-state index contributed by atoms with van der Waals surface area (Å²) in [7, 11) is 0. The fraction of sp³-hybridized carbons (Fsp3) is 0.250. The van der Waals surface area contributed by atoms with Crippen molar-refractivity contribution < 1.29 is 22.7 Å². The van der Waals surface area contributed by atoms with Crippen LogP contribution in [0, 0.1) is 0 Å². The van der Waals surface area contributed by atoms with E-state index in [-0.39, 0.29) is 11.1 Å². The van der Waals surface area contributed by atoms with Crippen molar-refractivity contribution in [1.82, 2.24) is 5.32 Å². The molecular weight excluding hydrogens is 343 g/mol. The molecule has 0 spiro atoms. The number of benzene rings is 2. The van der Waals surface area contributed by atoms with Gasteiger partial charge in [0.2, 0.25) is 0 Å². The molecule has 0 saturated carbocycles. The zero-order chi connectivity index (χ0) is 18.9. The topological polar surface area (TPSA) is 38.3 Å². The maximum atomic E-state index is 12.6. The molecule has 0 aliphatic carbocycles. The van der Waals surface area contributed by atoms with Crippen molar-refractivity contribution in [3.8, 4) is 5.75 Å². The highest BCUT2D eigenvalue weighted by atomic mass is 19.4. The smallest absolute Gasteiger partial charge is 0.406 e. The van der Waals surface area contributed by atoms with Crippen LogP contribution < -0.4 is 10.1 Å². The Morgan fingerprint density at radius 2 is 1.88 bits per heavy atom. The Kier molecular flexibility index (Phi) is 4.52. The average molecular weight is 361 g/mol. The second-order valence-electron chi connectivity index (χ2n) is 6.84. The predicted octanol–water partition coefficient (Wildman–Crippen LogP) is 4.73. The lowest BCUT2D eigenvalue weighted by molar-refractivity contribution is -0.274. The Morgan fingerprint density at radius 3 is 2.62 bits per heavy atom. The first kappa shape index (κ1) is 18.0. The van der Waals surface area contributed by atoms with Gasteiger partial charge in [0.05, 0.1) is 0 Å². The number of ketones is 1. The first-order valence-electron chi connectivity index (χ1n) is 8.11. The highest BCUT2D eigenvalue weighted by Crippen LogP contribution is 2.30. The summed E-state index contributed by atoms with van der Waals surface area (Å²) in [6.45, 7) is 4.05. The number of halogens is 3. The highest BCUT2D eigenvalue weighted by molar-refractivity contribution is 6.08. The fourth-order valence-corrected chi connectivity index (χ4v) is 3.06. The zero-order valence-electron chi connectivity index (χ0n) is 14.4. The molecular formula is C20H18F3NO2. The van der Waals surface area contributed by atoms with Gasteiger partial charge in [-0.3, -0.25) is 4.79 Å². The largest absolute Gasteiger partial charge is 0.573 e. The maximum absolute atomic E-state index is 12.6. The number of nitrogens with one attached hydrogen (secondary N) is 1. The van der Waals surface area contributed by atoms with E-state index in [0.29, 0.717) is 5.70 Å². The van der Waals surface area contributed by atoms with E-state index < -0.39 is 17.9 Å². The van der Waals surface area contributed by atoms with Gasteiger partial charge in [-0.2, -0.15) is 0 Å². The normalized spacial score (nSPS) is 17.3. The van der Waals surface area contributed by atoms with Crippen LogP contribution in [0.4, 0.5) is 13.2 Å². The third-order valence-corrected chi connectivity index (χ3v) is 4.04. The Bertz CT molecular complexity index is 869. The van der Waals surface area contributed by atoms with Crippen LogP contribution in [0.25, 0.3) is 5.70 Å². The first-order chi connectivity index (χ1) is 12.1. The maximum Gasteiger partial charge on any atom is 0.573 e. The van der Waals surface area contributed by atoms with Crippen molar-refractivity contribution in [2.75, 3.05) is 0 Å². The lowest BCUT2D eigenvalue weighted by atomic mass is 9.85. The summed E-state index contributed by atoms with van der Waals surface area (Å²) in [6, 6.07) is 12.8. The summed E-state index contributed by atoms with van der Waals surface area (Å²) in [4.78, 5) is 12.6. The number of carbonyl (C=O) groups excluding carboxylic acids is 1. The van der Waals surface area contributed by atoms with Crippen LogP contribution >= 0.6 is 0 Å². The number of rotatable bonds is 3. The number of ether oxygens (including phenoxy) is 1. The number of alkyl halides is 3. The average Bonchev–Trinajstić information content (AvgIpc) is 2.52. The van der Waals surface area contributed by atoms with E-state index in [1.807, 2.05) is 38.1 Å². The summed E-state index contributed by atoms with van der Waals surface area (Å²) in [5, 5.41) is 3.33. The van der Waals surface area contributed by atoms with Gasteiger partial charge in [0.15, 0.2) is 5.78 Å². The number of allylic oxidation sites excluding steroid dienone is 1. The van der Waals surface area contributed by atoms with Gasteiger partial charge >= 0.3 is 6.36 Å². The van der Waals surface area contributed by atoms with Gasteiger partial charge in [0.1, 0.15) is 5.75 Å². The molecule has 2 aromatic rings. The van der Waals surface area contributed by atoms with Gasteiger partial charge in [0, 0.05) is 28.4 Å². The summed E-state index contributed by atoms with van der Waals surface area (Å²) < 4.78 is 41.0.